The fourth-order valence-electron chi connectivity index (χ4n) is 2.28. The number of carbonyl (C=O) groups excluding carboxylic acids is 1. The molecule has 3 rings (SSSR count). The SMILES string of the molecule is Cn1cccc1/C=C1/SC(=S)N(c2ccc(C(=O)O)c([O-])c2)C1=O. The first-order chi connectivity index (χ1) is 11.4. The number of anilines is 1. The molecule has 1 N–H and O–H groups in total. The van der Waals surface area contributed by atoms with Gasteiger partial charge in [-0.05, 0) is 36.4 Å². The van der Waals surface area contributed by atoms with Gasteiger partial charge < -0.3 is 14.8 Å². The Hall–Kier alpha value is -2.58. The number of carboxylic acids is 1. The Morgan fingerprint density at radius 2 is 2.12 bits per heavy atom. The van der Waals surface area contributed by atoms with Crippen molar-refractivity contribution in [3.63, 3.8) is 0 Å². The minimum atomic E-state index is -1.31. The number of benzene rings is 1. The third kappa shape index (κ3) is 2.81. The predicted molar refractivity (Wildman–Crippen MR) is 93.9 cm³/mol. The standard InChI is InChI=1S/C16H12N2O4S2/c1-17-6-2-3-9(17)8-13-14(20)18(16(23)24-13)10-4-5-11(15(21)22)12(19)7-10/h2-8,19H,1H3,(H,21,22)/p-1/b13-8+. The molecule has 0 spiro atoms. The van der Waals surface area contributed by atoms with Gasteiger partial charge in [0.15, 0.2) is 4.32 Å². The average molecular weight is 359 g/mol. The maximum Gasteiger partial charge on any atom is 0.335 e. The van der Waals surface area contributed by atoms with E-state index in [2.05, 4.69) is 0 Å². The Morgan fingerprint density at radius 1 is 1.38 bits per heavy atom. The summed E-state index contributed by atoms with van der Waals surface area (Å²) >= 11 is 6.37. The van der Waals surface area contributed by atoms with Gasteiger partial charge in [0.05, 0.1) is 16.2 Å². The largest absolute Gasteiger partial charge is 0.872 e. The summed E-state index contributed by atoms with van der Waals surface area (Å²) in [7, 11) is 1.86. The van der Waals surface area contributed by atoms with Gasteiger partial charge in [-0.1, -0.05) is 29.7 Å². The molecule has 6 nitrogen and oxygen atoms in total. The topological polar surface area (TPSA) is 85.6 Å². The van der Waals surface area contributed by atoms with Crippen LogP contribution in [0, 0.1) is 0 Å². The normalized spacial score (nSPS) is 16.2. The molecular formula is C16H11N2O4S2-. The van der Waals surface area contributed by atoms with Gasteiger partial charge in [-0.2, -0.15) is 0 Å². The van der Waals surface area contributed by atoms with Crippen LogP contribution in [0.15, 0.2) is 41.4 Å². The summed E-state index contributed by atoms with van der Waals surface area (Å²) in [6.07, 6.45) is 3.59. The summed E-state index contributed by atoms with van der Waals surface area (Å²) in [5.41, 5.74) is 0.771. The minimum absolute atomic E-state index is 0.266. The molecule has 8 heteroatoms. The van der Waals surface area contributed by atoms with Crippen LogP contribution < -0.4 is 10.0 Å². The van der Waals surface area contributed by atoms with E-state index in [0.717, 1.165) is 23.5 Å². The molecule has 2 aromatic rings. The van der Waals surface area contributed by atoms with Gasteiger partial charge in [0, 0.05) is 18.9 Å². The van der Waals surface area contributed by atoms with E-state index >= 15 is 0 Å². The fourth-order valence-corrected chi connectivity index (χ4v) is 3.56. The Balaban J connectivity index is 1.95. The van der Waals surface area contributed by atoms with Gasteiger partial charge in [-0.25, -0.2) is 4.79 Å². The Kier molecular flexibility index (Phi) is 4.16. The predicted octanol–water partition coefficient (Wildman–Crippen LogP) is 2.20. The average Bonchev–Trinajstić information content (AvgIpc) is 3.03. The second-order valence-electron chi connectivity index (χ2n) is 5.05. The molecule has 1 saturated heterocycles. The van der Waals surface area contributed by atoms with Crippen LogP contribution in [0.3, 0.4) is 0 Å². The fraction of sp³-hybridized carbons (Fsp3) is 0.0625. The van der Waals surface area contributed by atoms with E-state index < -0.39 is 11.7 Å². The van der Waals surface area contributed by atoms with Crippen molar-refractivity contribution in [1.29, 1.82) is 0 Å². The van der Waals surface area contributed by atoms with E-state index in [1.165, 1.54) is 17.0 Å². The summed E-state index contributed by atoms with van der Waals surface area (Å²) in [4.78, 5) is 25.2. The third-order valence-corrected chi connectivity index (χ3v) is 4.81. The molecule has 1 aromatic carbocycles. The molecule has 1 aliphatic heterocycles. The number of aromatic carboxylic acids is 1. The second-order valence-corrected chi connectivity index (χ2v) is 6.72. The number of nitrogens with zero attached hydrogens (tertiary/aromatic N) is 2. The van der Waals surface area contributed by atoms with Crippen molar-refractivity contribution in [2.45, 2.75) is 0 Å². The molecule has 1 aliphatic rings. The Labute approximate surface area is 147 Å². The van der Waals surface area contributed by atoms with Crippen LogP contribution in [0.4, 0.5) is 5.69 Å². The van der Waals surface area contributed by atoms with Crippen LogP contribution in [-0.2, 0) is 11.8 Å². The van der Waals surface area contributed by atoms with Gasteiger partial charge in [0.25, 0.3) is 5.91 Å². The van der Waals surface area contributed by atoms with Crippen molar-refractivity contribution in [2.24, 2.45) is 7.05 Å². The summed E-state index contributed by atoms with van der Waals surface area (Å²) in [6.45, 7) is 0. The highest BCUT2D eigenvalue weighted by molar-refractivity contribution is 8.27. The number of carboxylic acid groups (broad SMARTS) is 1. The quantitative estimate of drug-likeness (QED) is 0.668. The van der Waals surface area contributed by atoms with Crippen LogP contribution in [-0.4, -0.2) is 25.9 Å². The highest BCUT2D eigenvalue weighted by atomic mass is 32.2. The molecule has 0 bridgehead atoms. The number of hydrogen-bond acceptors (Lipinski definition) is 5. The monoisotopic (exact) mass is 359 g/mol. The molecule has 24 heavy (non-hydrogen) atoms. The minimum Gasteiger partial charge on any atom is -0.872 e. The smallest absolute Gasteiger partial charge is 0.335 e. The summed E-state index contributed by atoms with van der Waals surface area (Å²) in [5, 5.41) is 20.8. The summed E-state index contributed by atoms with van der Waals surface area (Å²) in [5.74, 6) is -2.31. The van der Waals surface area contributed by atoms with Crippen LogP contribution in [0.5, 0.6) is 5.75 Å². The number of carbonyl (C=O) groups is 2. The van der Waals surface area contributed by atoms with Gasteiger partial charge in [-0.15, -0.1) is 0 Å². The number of thiocarbonyl (C=S) groups is 1. The molecule has 0 radical (unpaired) electrons. The van der Waals surface area contributed by atoms with E-state index in [0.29, 0.717) is 9.23 Å². The van der Waals surface area contributed by atoms with Gasteiger partial charge >= 0.3 is 5.97 Å². The van der Waals surface area contributed by atoms with Crippen LogP contribution >= 0.6 is 24.0 Å². The third-order valence-electron chi connectivity index (χ3n) is 3.51. The molecule has 0 unspecified atom stereocenters. The van der Waals surface area contributed by atoms with Crippen molar-refractivity contribution in [3.8, 4) is 5.75 Å². The summed E-state index contributed by atoms with van der Waals surface area (Å²) in [6, 6.07) is 7.42. The van der Waals surface area contributed by atoms with E-state index in [9.17, 15) is 14.7 Å². The number of aromatic nitrogens is 1. The number of aryl methyl sites for hydroxylation is 1. The zero-order valence-corrected chi connectivity index (χ0v) is 14.1. The van der Waals surface area contributed by atoms with E-state index in [1.807, 2.05) is 29.9 Å². The molecule has 1 fully saturated rings. The summed E-state index contributed by atoms with van der Waals surface area (Å²) < 4.78 is 2.16. The highest BCUT2D eigenvalue weighted by Crippen LogP contribution is 2.37. The lowest BCUT2D eigenvalue weighted by molar-refractivity contribution is -0.268. The highest BCUT2D eigenvalue weighted by Gasteiger charge is 2.33. The van der Waals surface area contributed by atoms with Gasteiger partial charge in [-0.3, -0.25) is 9.69 Å². The van der Waals surface area contributed by atoms with E-state index in [4.69, 9.17) is 17.3 Å². The second kappa shape index (κ2) is 6.14. The number of amides is 1. The molecule has 122 valence electrons. The van der Waals surface area contributed by atoms with Crippen molar-refractivity contribution in [1.82, 2.24) is 4.57 Å². The van der Waals surface area contributed by atoms with Crippen molar-refractivity contribution in [2.75, 3.05) is 4.90 Å². The zero-order valence-electron chi connectivity index (χ0n) is 12.4. The van der Waals surface area contributed by atoms with Crippen LogP contribution in [0.1, 0.15) is 16.1 Å². The maximum absolute atomic E-state index is 12.6. The Morgan fingerprint density at radius 3 is 2.71 bits per heavy atom. The molecule has 0 saturated carbocycles. The molecule has 1 amide bonds. The van der Waals surface area contributed by atoms with Crippen LogP contribution in [0.2, 0.25) is 0 Å². The zero-order chi connectivity index (χ0) is 17.4. The lowest BCUT2D eigenvalue weighted by Gasteiger charge is -2.18. The maximum atomic E-state index is 12.6. The first-order valence-corrected chi connectivity index (χ1v) is 8.04. The molecule has 0 atom stereocenters. The first-order valence-electron chi connectivity index (χ1n) is 6.82. The lowest BCUT2D eigenvalue weighted by atomic mass is 10.1. The molecule has 0 aliphatic carbocycles. The van der Waals surface area contributed by atoms with Crippen molar-refractivity contribution in [3.05, 3.63) is 52.7 Å². The number of hydrogen-bond donors (Lipinski definition) is 1. The van der Waals surface area contributed by atoms with Crippen LogP contribution in [0.25, 0.3) is 6.08 Å². The molecule has 2 heterocycles. The molecule has 1 aromatic heterocycles. The molecular weight excluding hydrogens is 348 g/mol. The van der Waals surface area contributed by atoms with Gasteiger partial charge in [0.2, 0.25) is 0 Å². The van der Waals surface area contributed by atoms with E-state index in [1.54, 1.807) is 6.08 Å². The van der Waals surface area contributed by atoms with Crippen molar-refractivity contribution < 1.29 is 19.8 Å². The Bertz CT molecular complexity index is 901. The number of rotatable bonds is 3. The van der Waals surface area contributed by atoms with Gasteiger partial charge in [0.1, 0.15) is 0 Å². The lowest BCUT2D eigenvalue weighted by Crippen LogP contribution is -2.27. The van der Waals surface area contributed by atoms with E-state index in [-0.39, 0.29) is 17.2 Å². The number of thioether (sulfide) groups is 1. The first kappa shape index (κ1) is 16.3. The van der Waals surface area contributed by atoms with Crippen molar-refractivity contribution >= 4 is 51.9 Å².